The third-order valence-electron chi connectivity index (χ3n) is 5.02. The molecule has 2 aliphatic heterocycles. The van der Waals surface area contributed by atoms with E-state index in [9.17, 15) is 8.42 Å². The Labute approximate surface area is 123 Å². The molecule has 0 aromatic rings. The Hall–Kier alpha value is -0.170. The van der Waals surface area contributed by atoms with Crippen molar-refractivity contribution in [1.82, 2.24) is 13.9 Å². The van der Waals surface area contributed by atoms with Gasteiger partial charge in [-0.25, -0.2) is 0 Å². The molecular formula is C14H29N3O2S. The third-order valence-corrected chi connectivity index (χ3v) is 7.02. The zero-order valence-corrected chi connectivity index (χ0v) is 13.8. The van der Waals surface area contributed by atoms with Gasteiger partial charge in [0, 0.05) is 26.2 Å². The fourth-order valence-corrected chi connectivity index (χ4v) is 4.99. The summed E-state index contributed by atoms with van der Waals surface area (Å²) in [5, 5.41) is 3.19. The van der Waals surface area contributed by atoms with Crippen LogP contribution in [0.5, 0.6) is 0 Å². The molecule has 0 aliphatic carbocycles. The van der Waals surface area contributed by atoms with Crippen molar-refractivity contribution in [2.45, 2.75) is 33.1 Å². The van der Waals surface area contributed by atoms with Crippen LogP contribution in [0.25, 0.3) is 0 Å². The fraction of sp³-hybridized carbons (Fsp3) is 1.00. The first kappa shape index (κ1) is 16.2. The second-order valence-corrected chi connectivity index (χ2v) is 8.44. The van der Waals surface area contributed by atoms with Gasteiger partial charge in [-0.1, -0.05) is 13.8 Å². The van der Waals surface area contributed by atoms with Gasteiger partial charge in [0.2, 0.25) is 0 Å². The average Bonchev–Trinajstić information content (AvgIpc) is 2.43. The van der Waals surface area contributed by atoms with Crippen molar-refractivity contribution in [3.63, 3.8) is 0 Å². The first-order valence-electron chi connectivity index (χ1n) is 7.85. The van der Waals surface area contributed by atoms with E-state index in [0.29, 0.717) is 43.9 Å². The summed E-state index contributed by atoms with van der Waals surface area (Å²) in [6.45, 7) is 8.09. The Morgan fingerprint density at radius 3 is 2.15 bits per heavy atom. The number of piperidine rings is 2. The van der Waals surface area contributed by atoms with Gasteiger partial charge < -0.3 is 5.32 Å². The highest BCUT2D eigenvalue weighted by molar-refractivity contribution is 7.86. The summed E-state index contributed by atoms with van der Waals surface area (Å²) < 4.78 is 28.8. The molecule has 0 aromatic carbocycles. The lowest BCUT2D eigenvalue weighted by atomic mass is 9.90. The standard InChI is InChI=1S/C14H29N3O2S/c1-12-4-7-17(11-13(12)2)20(18,19)16-8-5-14(6-9-16)10-15-3/h12-15H,4-11H2,1-3H3. The van der Waals surface area contributed by atoms with Gasteiger partial charge in [-0.3, -0.25) is 0 Å². The molecule has 0 aromatic heterocycles. The predicted molar refractivity (Wildman–Crippen MR) is 81.7 cm³/mol. The zero-order chi connectivity index (χ0) is 14.8. The molecule has 5 nitrogen and oxygen atoms in total. The Kier molecular flexibility index (Phi) is 5.45. The molecule has 0 bridgehead atoms. The summed E-state index contributed by atoms with van der Waals surface area (Å²) in [6, 6.07) is 0. The monoisotopic (exact) mass is 303 g/mol. The van der Waals surface area contributed by atoms with Crippen LogP contribution in [-0.2, 0) is 10.2 Å². The van der Waals surface area contributed by atoms with Crippen LogP contribution in [0.2, 0.25) is 0 Å². The van der Waals surface area contributed by atoms with Gasteiger partial charge in [0.05, 0.1) is 0 Å². The minimum Gasteiger partial charge on any atom is -0.319 e. The molecule has 2 saturated heterocycles. The summed E-state index contributed by atoms with van der Waals surface area (Å²) in [5.41, 5.74) is 0. The average molecular weight is 303 g/mol. The lowest BCUT2D eigenvalue weighted by molar-refractivity contribution is 0.190. The van der Waals surface area contributed by atoms with E-state index in [1.54, 1.807) is 8.61 Å². The predicted octanol–water partition coefficient (Wildman–Crippen LogP) is 1.14. The largest absolute Gasteiger partial charge is 0.319 e. The van der Waals surface area contributed by atoms with Crippen molar-refractivity contribution < 1.29 is 8.42 Å². The summed E-state index contributed by atoms with van der Waals surface area (Å²) in [7, 11) is -1.28. The molecular weight excluding hydrogens is 274 g/mol. The van der Waals surface area contributed by atoms with Crippen LogP contribution in [0.1, 0.15) is 33.1 Å². The molecule has 118 valence electrons. The number of nitrogens with zero attached hydrogens (tertiary/aromatic N) is 2. The lowest BCUT2D eigenvalue weighted by Gasteiger charge is -2.39. The van der Waals surface area contributed by atoms with E-state index >= 15 is 0 Å². The van der Waals surface area contributed by atoms with Gasteiger partial charge in [-0.15, -0.1) is 0 Å². The van der Waals surface area contributed by atoms with Crippen molar-refractivity contribution in [1.29, 1.82) is 0 Å². The summed E-state index contributed by atoms with van der Waals surface area (Å²) in [4.78, 5) is 0. The van der Waals surface area contributed by atoms with Crippen LogP contribution in [0, 0.1) is 17.8 Å². The minimum atomic E-state index is -3.23. The van der Waals surface area contributed by atoms with E-state index in [4.69, 9.17) is 0 Å². The van der Waals surface area contributed by atoms with Gasteiger partial charge in [0.25, 0.3) is 10.2 Å². The molecule has 1 N–H and O–H groups in total. The molecule has 6 heteroatoms. The smallest absolute Gasteiger partial charge is 0.281 e. The van der Waals surface area contributed by atoms with Crippen LogP contribution < -0.4 is 5.32 Å². The highest BCUT2D eigenvalue weighted by Crippen LogP contribution is 2.27. The maximum absolute atomic E-state index is 12.7. The Morgan fingerprint density at radius 2 is 1.60 bits per heavy atom. The SMILES string of the molecule is CNCC1CCN(S(=O)(=O)N2CCC(C)C(C)C2)CC1. The number of hydrogen-bond acceptors (Lipinski definition) is 3. The first-order valence-corrected chi connectivity index (χ1v) is 9.24. The van der Waals surface area contributed by atoms with Gasteiger partial charge >= 0.3 is 0 Å². The van der Waals surface area contributed by atoms with Crippen LogP contribution in [0.4, 0.5) is 0 Å². The fourth-order valence-electron chi connectivity index (χ4n) is 3.23. The highest BCUT2D eigenvalue weighted by atomic mass is 32.2. The molecule has 0 amide bonds. The molecule has 2 atom stereocenters. The number of nitrogens with one attached hydrogen (secondary N) is 1. The van der Waals surface area contributed by atoms with E-state index < -0.39 is 10.2 Å². The van der Waals surface area contributed by atoms with E-state index in [1.807, 2.05) is 7.05 Å². The third kappa shape index (κ3) is 3.53. The molecule has 2 fully saturated rings. The molecule has 0 radical (unpaired) electrons. The van der Waals surface area contributed by atoms with Crippen molar-refractivity contribution in [2.75, 3.05) is 39.8 Å². The summed E-state index contributed by atoms with van der Waals surface area (Å²) in [6.07, 6.45) is 2.93. The highest BCUT2D eigenvalue weighted by Gasteiger charge is 2.36. The van der Waals surface area contributed by atoms with Crippen LogP contribution in [-0.4, -0.2) is 56.8 Å². The lowest BCUT2D eigenvalue weighted by Crippen LogP contribution is -2.51. The zero-order valence-electron chi connectivity index (χ0n) is 13.0. The molecule has 20 heavy (non-hydrogen) atoms. The summed E-state index contributed by atoms with van der Waals surface area (Å²) >= 11 is 0. The van der Waals surface area contributed by atoms with Crippen molar-refractivity contribution in [2.24, 2.45) is 17.8 Å². The van der Waals surface area contributed by atoms with E-state index in [-0.39, 0.29) is 0 Å². The molecule has 0 saturated carbocycles. The van der Waals surface area contributed by atoms with Gasteiger partial charge in [0.15, 0.2) is 0 Å². The number of rotatable bonds is 4. The molecule has 0 spiro atoms. The van der Waals surface area contributed by atoms with E-state index in [2.05, 4.69) is 19.2 Å². The molecule has 2 heterocycles. The maximum atomic E-state index is 12.7. The van der Waals surface area contributed by atoms with E-state index in [1.165, 1.54) is 0 Å². The Bertz CT molecular complexity index is 405. The summed E-state index contributed by atoms with van der Waals surface area (Å²) in [5.74, 6) is 1.70. The van der Waals surface area contributed by atoms with Crippen molar-refractivity contribution in [3.8, 4) is 0 Å². The quantitative estimate of drug-likeness (QED) is 0.847. The van der Waals surface area contributed by atoms with Crippen LogP contribution in [0.15, 0.2) is 0 Å². The van der Waals surface area contributed by atoms with Gasteiger partial charge in [0.1, 0.15) is 0 Å². The Morgan fingerprint density at radius 1 is 1.00 bits per heavy atom. The first-order chi connectivity index (χ1) is 9.45. The van der Waals surface area contributed by atoms with Gasteiger partial charge in [-0.2, -0.15) is 17.0 Å². The molecule has 2 unspecified atom stereocenters. The van der Waals surface area contributed by atoms with Crippen LogP contribution in [0.3, 0.4) is 0 Å². The second kappa shape index (κ2) is 6.73. The minimum absolute atomic E-state index is 0.459. The second-order valence-electron chi connectivity index (χ2n) is 6.51. The maximum Gasteiger partial charge on any atom is 0.281 e. The normalized spacial score (nSPS) is 31.6. The Balaban J connectivity index is 1.94. The van der Waals surface area contributed by atoms with Crippen LogP contribution >= 0.6 is 0 Å². The van der Waals surface area contributed by atoms with Gasteiger partial charge in [-0.05, 0) is 50.6 Å². The van der Waals surface area contributed by atoms with E-state index in [0.717, 1.165) is 25.8 Å². The topological polar surface area (TPSA) is 52.7 Å². The number of hydrogen-bond donors (Lipinski definition) is 1. The van der Waals surface area contributed by atoms with Crippen molar-refractivity contribution in [3.05, 3.63) is 0 Å². The molecule has 2 aliphatic rings. The van der Waals surface area contributed by atoms with Crippen molar-refractivity contribution >= 4 is 10.2 Å². The molecule has 2 rings (SSSR count).